The molecule has 0 spiro atoms. The number of unbranched alkanes of at least 4 members (excludes halogenated alkanes) is 13. The van der Waals surface area contributed by atoms with E-state index in [0.29, 0.717) is 6.42 Å². The molecule has 0 heterocycles. The van der Waals surface area contributed by atoms with Crippen LogP contribution in [0.25, 0.3) is 0 Å². The zero-order valence-corrected chi connectivity index (χ0v) is 23.2. The molecular formula is C25H53O5PS. The average Bonchev–Trinajstić information content (AvgIpc) is 2.78. The Balaban J connectivity index is 4.15. The normalized spacial score (nSPS) is 15.5. The van der Waals surface area contributed by atoms with Gasteiger partial charge in [-0.15, -0.1) is 4.67 Å². The predicted molar refractivity (Wildman–Crippen MR) is 139 cm³/mol. The lowest BCUT2D eigenvalue weighted by molar-refractivity contribution is -0.255. The molecule has 32 heavy (non-hydrogen) atoms. The Morgan fingerprint density at radius 1 is 0.750 bits per heavy atom. The fourth-order valence-electron chi connectivity index (χ4n) is 3.64. The first kappa shape index (κ1) is 32.4. The van der Waals surface area contributed by atoms with Gasteiger partial charge in [0.25, 0.3) is 0 Å². The van der Waals surface area contributed by atoms with Gasteiger partial charge in [-0.1, -0.05) is 111 Å². The Kier molecular flexibility index (Phi) is 23.5. The molecule has 0 radical (unpaired) electrons. The highest BCUT2D eigenvalue weighted by atomic mass is 32.2. The zero-order valence-electron chi connectivity index (χ0n) is 21.5. The highest BCUT2D eigenvalue weighted by Crippen LogP contribution is 2.44. The lowest BCUT2D eigenvalue weighted by Crippen LogP contribution is -2.24. The van der Waals surface area contributed by atoms with Gasteiger partial charge in [0.2, 0.25) is 0 Å². The molecule has 0 amide bonds. The van der Waals surface area contributed by atoms with Gasteiger partial charge in [0.15, 0.2) is 0 Å². The monoisotopic (exact) mass is 496 g/mol. The molecule has 0 aromatic heterocycles. The van der Waals surface area contributed by atoms with Crippen molar-refractivity contribution in [3.05, 3.63) is 0 Å². The molecule has 0 fully saturated rings. The Morgan fingerprint density at radius 3 is 1.78 bits per heavy atom. The van der Waals surface area contributed by atoms with Crippen LogP contribution in [0.1, 0.15) is 137 Å². The molecule has 3 atom stereocenters. The van der Waals surface area contributed by atoms with Crippen LogP contribution in [0.3, 0.4) is 0 Å². The number of phosphoric ester groups is 1. The molecular weight excluding hydrogens is 443 g/mol. The molecule has 0 saturated heterocycles. The quantitative estimate of drug-likeness (QED) is 0.0588. The molecule has 0 rings (SSSR count). The third kappa shape index (κ3) is 21.0. The molecule has 0 aliphatic rings. The van der Waals surface area contributed by atoms with Gasteiger partial charge in [-0.2, -0.15) is 11.8 Å². The van der Waals surface area contributed by atoms with Crippen molar-refractivity contribution in [3.63, 3.8) is 0 Å². The Morgan fingerprint density at radius 2 is 1.25 bits per heavy atom. The van der Waals surface area contributed by atoms with Crippen molar-refractivity contribution in [1.82, 2.24) is 0 Å². The van der Waals surface area contributed by atoms with Gasteiger partial charge in [-0.25, -0.2) is 9.45 Å². The van der Waals surface area contributed by atoms with Crippen LogP contribution in [-0.2, 0) is 18.7 Å². The summed E-state index contributed by atoms with van der Waals surface area (Å²) in [5, 5.41) is 0.265. The van der Waals surface area contributed by atoms with E-state index < -0.39 is 7.82 Å². The van der Waals surface area contributed by atoms with Crippen molar-refractivity contribution >= 4 is 19.6 Å². The minimum atomic E-state index is -4.13. The third-order valence-corrected chi connectivity index (χ3v) is 8.05. The van der Waals surface area contributed by atoms with E-state index in [-0.39, 0.29) is 18.0 Å². The van der Waals surface area contributed by atoms with Gasteiger partial charge in [0.1, 0.15) is 6.10 Å². The van der Waals surface area contributed by atoms with Crippen LogP contribution >= 0.6 is 19.6 Å². The molecule has 1 N–H and O–H groups in total. The topological polar surface area (TPSA) is 65.0 Å². The number of thioether (sulfide) groups is 1. The van der Waals surface area contributed by atoms with Crippen molar-refractivity contribution in [2.75, 3.05) is 12.4 Å². The first-order chi connectivity index (χ1) is 15.5. The molecule has 7 heteroatoms. The summed E-state index contributed by atoms with van der Waals surface area (Å²) >= 11 is 1.92. The molecule has 0 aliphatic carbocycles. The second kappa shape index (κ2) is 23.2. The number of hydrogen-bond donors (Lipinski definition) is 1. The summed E-state index contributed by atoms with van der Waals surface area (Å²) in [5.74, 6) is 1.10. The van der Waals surface area contributed by atoms with Gasteiger partial charge in [0.05, 0.1) is 6.61 Å². The van der Waals surface area contributed by atoms with Gasteiger partial charge in [0, 0.05) is 5.25 Å². The van der Waals surface area contributed by atoms with Crippen molar-refractivity contribution < 1.29 is 23.5 Å². The second-order valence-electron chi connectivity index (χ2n) is 8.97. The maximum atomic E-state index is 11.9. The average molecular weight is 497 g/mol. The summed E-state index contributed by atoms with van der Waals surface area (Å²) in [6.45, 7) is 8.48. The minimum Gasteiger partial charge on any atom is -0.301 e. The second-order valence-corrected chi connectivity index (χ2v) is 11.7. The van der Waals surface area contributed by atoms with Crippen molar-refractivity contribution in [2.45, 2.75) is 148 Å². The molecule has 194 valence electrons. The van der Waals surface area contributed by atoms with Crippen molar-refractivity contribution in [2.24, 2.45) is 0 Å². The lowest BCUT2D eigenvalue weighted by atomic mass is 10.1. The van der Waals surface area contributed by atoms with E-state index in [1.54, 1.807) is 0 Å². The van der Waals surface area contributed by atoms with E-state index in [4.69, 9.17) is 14.1 Å². The molecule has 3 unspecified atom stereocenters. The van der Waals surface area contributed by atoms with Crippen molar-refractivity contribution in [1.29, 1.82) is 0 Å². The molecule has 0 aromatic carbocycles. The van der Waals surface area contributed by atoms with Gasteiger partial charge < -0.3 is 4.89 Å². The van der Waals surface area contributed by atoms with E-state index in [9.17, 15) is 9.46 Å². The lowest BCUT2D eigenvalue weighted by Gasteiger charge is -2.23. The summed E-state index contributed by atoms with van der Waals surface area (Å²) in [6, 6.07) is 0. The maximum Gasteiger partial charge on any atom is 0.499 e. The molecule has 5 nitrogen and oxygen atoms in total. The number of phosphoric acid groups is 1. The first-order valence-corrected chi connectivity index (χ1v) is 15.9. The van der Waals surface area contributed by atoms with Crippen LogP contribution in [0, 0.1) is 0 Å². The van der Waals surface area contributed by atoms with Crippen LogP contribution in [0.2, 0.25) is 0 Å². The fraction of sp³-hybridized carbons (Fsp3) is 1.00. The van der Waals surface area contributed by atoms with Gasteiger partial charge in [-0.05, 0) is 31.9 Å². The van der Waals surface area contributed by atoms with Gasteiger partial charge in [-0.3, -0.25) is 4.52 Å². The predicted octanol–water partition coefficient (Wildman–Crippen LogP) is 9.23. The molecule has 0 aromatic rings. The van der Waals surface area contributed by atoms with Crippen molar-refractivity contribution in [3.8, 4) is 0 Å². The Bertz CT molecular complexity index is 439. The zero-order chi connectivity index (χ0) is 23.9. The minimum absolute atomic E-state index is 0.180. The Hall–Kier alpha value is 0.420. The molecule has 0 aliphatic heterocycles. The van der Waals surface area contributed by atoms with E-state index in [1.165, 1.54) is 89.9 Å². The largest absolute Gasteiger partial charge is 0.499 e. The van der Waals surface area contributed by atoms with Crippen LogP contribution in [0.4, 0.5) is 0 Å². The maximum absolute atomic E-state index is 11.9. The highest BCUT2D eigenvalue weighted by molar-refractivity contribution is 7.99. The smallest absolute Gasteiger partial charge is 0.301 e. The van der Waals surface area contributed by atoms with Gasteiger partial charge >= 0.3 is 7.82 Å². The number of hydrogen-bond acceptors (Lipinski definition) is 5. The standard InChI is InChI=1S/C25H53O5PS/c1-5-8-10-12-13-14-15-16-18-20-23-32-25(21-19-17-11-9-6-2)24(4)29-30-31(26,27)28-22-7-3/h24-25H,5-23H2,1-4H3,(H,26,27). The highest BCUT2D eigenvalue weighted by Gasteiger charge is 2.26. The Labute approximate surface area is 203 Å². The van der Waals surface area contributed by atoms with E-state index in [0.717, 1.165) is 18.6 Å². The SMILES string of the molecule is CCCCCCCCCCCCSC(CCCCCCC)C(C)OOP(=O)(O)OCCC. The first-order valence-electron chi connectivity index (χ1n) is 13.4. The van der Waals surface area contributed by atoms with Crippen LogP contribution in [0.5, 0.6) is 0 Å². The summed E-state index contributed by atoms with van der Waals surface area (Å²) in [7, 11) is -4.13. The van der Waals surface area contributed by atoms with Crippen LogP contribution in [0.15, 0.2) is 0 Å². The third-order valence-electron chi connectivity index (χ3n) is 5.69. The van der Waals surface area contributed by atoms with E-state index in [2.05, 4.69) is 13.8 Å². The molecule has 0 saturated carbocycles. The molecule has 0 bridgehead atoms. The van der Waals surface area contributed by atoms with Crippen LogP contribution < -0.4 is 0 Å². The summed E-state index contributed by atoms with van der Waals surface area (Å²) < 4.78 is 21.5. The number of rotatable bonds is 25. The van der Waals surface area contributed by atoms with Crippen LogP contribution in [-0.4, -0.2) is 28.6 Å². The van der Waals surface area contributed by atoms with E-state index in [1.807, 2.05) is 25.6 Å². The fourth-order valence-corrected chi connectivity index (χ4v) is 5.66. The summed E-state index contributed by atoms with van der Waals surface area (Å²) in [6.07, 6.45) is 21.1. The summed E-state index contributed by atoms with van der Waals surface area (Å²) in [4.78, 5) is 15.0. The summed E-state index contributed by atoms with van der Waals surface area (Å²) in [5.41, 5.74) is 0. The van der Waals surface area contributed by atoms with E-state index >= 15 is 0 Å².